The number of para-hydroxylation sites is 1. The molecule has 0 fully saturated rings. The summed E-state index contributed by atoms with van der Waals surface area (Å²) in [6.45, 7) is 5.61. The van der Waals surface area contributed by atoms with Gasteiger partial charge in [0.1, 0.15) is 12.4 Å². The zero-order valence-corrected chi connectivity index (χ0v) is 10.3. The summed E-state index contributed by atoms with van der Waals surface area (Å²) in [6, 6.07) is 9.84. The van der Waals surface area contributed by atoms with E-state index in [2.05, 4.69) is 13.8 Å². The second-order valence-electron chi connectivity index (χ2n) is 3.99. The fourth-order valence-electron chi connectivity index (χ4n) is 1.50. The number of hydrogen-bond acceptors (Lipinski definition) is 2. The van der Waals surface area contributed by atoms with Gasteiger partial charge in [-0.3, -0.25) is 0 Å². The molecule has 0 aliphatic rings. The molecule has 2 heteroatoms. The van der Waals surface area contributed by atoms with Crippen LogP contribution >= 0.6 is 0 Å². The summed E-state index contributed by atoms with van der Waals surface area (Å²) in [7, 11) is 0. The lowest BCUT2D eigenvalue weighted by Gasteiger charge is -2.12. The van der Waals surface area contributed by atoms with E-state index in [1.807, 2.05) is 30.3 Å². The van der Waals surface area contributed by atoms with Gasteiger partial charge >= 0.3 is 0 Å². The Balaban J connectivity index is 2.03. The first-order valence-electron chi connectivity index (χ1n) is 6.12. The molecule has 16 heavy (non-hydrogen) atoms. The maximum Gasteiger partial charge on any atom is 0.119 e. The van der Waals surface area contributed by atoms with Crippen LogP contribution in [0.25, 0.3) is 0 Å². The van der Waals surface area contributed by atoms with E-state index >= 15 is 0 Å². The predicted molar refractivity (Wildman–Crippen MR) is 66.9 cm³/mol. The molecule has 0 saturated heterocycles. The van der Waals surface area contributed by atoms with Crippen molar-refractivity contribution in [3.05, 3.63) is 30.3 Å². The fraction of sp³-hybridized carbons (Fsp3) is 0.571. The van der Waals surface area contributed by atoms with Gasteiger partial charge in [0.15, 0.2) is 0 Å². The van der Waals surface area contributed by atoms with Crippen LogP contribution in [0.1, 0.15) is 33.1 Å². The summed E-state index contributed by atoms with van der Waals surface area (Å²) in [5, 5.41) is 0. The van der Waals surface area contributed by atoms with E-state index in [0.717, 1.165) is 12.2 Å². The molecular formula is C14H22O2. The van der Waals surface area contributed by atoms with E-state index in [1.165, 1.54) is 12.8 Å². The van der Waals surface area contributed by atoms with Gasteiger partial charge in [0.2, 0.25) is 0 Å². The Morgan fingerprint density at radius 3 is 2.56 bits per heavy atom. The van der Waals surface area contributed by atoms with Crippen LogP contribution in [-0.2, 0) is 4.74 Å². The second-order valence-corrected chi connectivity index (χ2v) is 3.99. The second kappa shape index (κ2) is 8.17. The molecule has 1 unspecified atom stereocenters. The summed E-state index contributed by atoms with van der Waals surface area (Å²) in [5.74, 6) is 0.910. The molecule has 90 valence electrons. The van der Waals surface area contributed by atoms with Crippen molar-refractivity contribution in [2.75, 3.05) is 13.2 Å². The van der Waals surface area contributed by atoms with Crippen molar-refractivity contribution in [2.45, 2.75) is 39.2 Å². The molecule has 0 bridgehead atoms. The lowest BCUT2D eigenvalue weighted by atomic mass is 10.2. The first-order valence-corrected chi connectivity index (χ1v) is 6.12. The number of ether oxygens (including phenoxy) is 2. The van der Waals surface area contributed by atoms with Crippen LogP contribution in [0.15, 0.2) is 30.3 Å². The predicted octanol–water partition coefficient (Wildman–Crippen LogP) is 3.66. The highest BCUT2D eigenvalue weighted by Gasteiger charge is 2.00. The van der Waals surface area contributed by atoms with Gasteiger partial charge in [-0.15, -0.1) is 0 Å². The first kappa shape index (κ1) is 13.0. The third-order valence-electron chi connectivity index (χ3n) is 2.46. The topological polar surface area (TPSA) is 18.5 Å². The van der Waals surface area contributed by atoms with Gasteiger partial charge in [-0.2, -0.15) is 0 Å². The SMILES string of the molecule is CCCCC(C)OCCOc1ccccc1. The number of benzene rings is 1. The van der Waals surface area contributed by atoms with Crippen molar-refractivity contribution in [3.8, 4) is 5.75 Å². The standard InChI is InChI=1S/C14H22O2/c1-3-4-8-13(2)15-11-12-16-14-9-6-5-7-10-14/h5-7,9-10,13H,3-4,8,11-12H2,1-2H3. The Morgan fingerprint density at radius 2 is 1.88 bits per heavy atom. The Bertz CT molecular complexity index is 259. The van der Waals surface area contributed by atoms with Crippen LogP contribution in [-0.4, -0.2) is 19.3 Å². The van der Waals surface area contributed by atoms with Gasteiger partial charge in [0.25, 0.3) is 0 Å². The van der Waals surface area contributed by atoms with Crippen LogP contribution in [0.2, 0.25) is 0 Å². The van der Waals surface area contributed by atoms with Crippen molar-refractivity contribution in [1.29, 1.82) is 0 Å². The van der Waals surface area contributed by atoms with Gasteiger partial charge in [-0.25, -0.2) is 0 Å². The lowest BCUT2D eigenvalue weighted by Crippen LogP contribution is -2.14. The molecule has 1 rings (SSSR count). The van der Waals surface area contributed by atoms with Gasteiger partial charge < -0.3 is 9.47 Å². The lowest BCUT2D eigenvalue weighted by molar-refractivity contribution is 0.0387. The Kier molecular flexibility index (Phi) is 6.66. The number of unbranched alkanes of at least 4 members (excludes halogenated alkanes) is 1. The largest absolute Gasteiger partial charge is 0.491 e. The van der Waals surface area contributed by atoms with Crippen molar-refractivity contribution < 1.29 is 9.47 Å². The summed E-state index contributed by atoms with van der Waals surface area (Å²) in [4.78, 5) is 0. The fourth-order valence-corrected chi connectivity index (χ4v) is 1.50. The molecule has 1 aromatic carbocycles. The molecule has 0 N–H and O–H groups in total. The minimum absolute atomic E-state index is 0.347. The smallest absolute Gasteiger partial charge is 0.119 e. The maximum atomic E-state index is 5.64. The Morgan fingerprint density at radius 1 is 1.12 bits per heavy atom. The minimum atomic E-state index is 0.347. The molecule has 0 saturated carbocycles. The van der Waals surface area contributed by atoms with Crippen molar-refractivity contribution in [1.82, 2.24) is 0 Å². The van der Waals surface area contributed by atoms with Gasteiger partial charge in [0, 0.05) is 0 Å². The van der Waals surface area contributed by atoms with E-state index in [-0.39, 0.29) is 0 Å². The third-order valence-corrected chi connectivity index (χ3v) is 2.46. The highest BCUT2D eigenvalue weighted by Crippen LogP contribution is 2.08. The molecular weight excluding hydrogens is 200 g/mol. The van der Waals surface area contributed by atoms with E-state index in [0.29, 0.717) is 19.3 Å². The molecule has 0 radical (unpaired) electrons. The van der Waals surface area contributed by atoms with Crippen molar-refractivity contribution in [3.63, 3.8) is 0 Å². The molecule has 0 amide bonds. The maximum absolute atomic E-state index is 5.64. The molecule has 1 aromatic rings. The molecule has 0 spiro atoms. The van der Waals surface area contributed by atoms with E-state index in [4.69, 9.17) is 9.47 Å². The molecule has 0 aliphatic heterocycles. The molecule has 1 atom stereocenters. The normalized spacial score (nSPS) is 12.4. The Labute approximate surface area is 98.6 Å². The average molecular weight is 222 g/mol. The molecule has 0 aliphatic carbocycles. The van der Waals surface area contributed by atoms with E-state index in [9.17, 15) is 0 Å². The first-order chi connectivity index (χ1) is 7.83. The molecule has 2 nitrogen and oxygen atoms in total. The third kappa shape index (κ3) is 5.76. The van der Waals surface area contributed by atoms with E-state index in [1.54, 1.807) is 0 Å². The highest BCUT2D eigenvalue weighted by molar-refractivity contribution is 5.20. The van der Waals surface area contributed by atoms with E-state index < -0.39 is 0 Å². The summed E-state index contributed by atoms with van der Waals surface area (Å²) in [5.41, 5.74) is 0. The van der Waals surface area contributed by atoms with Crippen LogP contribution in [0.4, 0.5) is 0 Å². The van der Waals surface area contributed by atoms with Gasteiger partial charge in [-0.05, 0) is 25.5 Å². The molecule has 0 heterocycles. The summed E-state index contributed by atoms with van der Waals surface area (Å²) in [6.07, 6.45) is 3.95. The average Bonchev–Trinajstić information content (AvgIpc) is 2.33. The highest BCUT2D eigenvalue weighted by atomic mass is 16.5. The Hall–Kier alpha value is -1.02. The van der Waals surface area contributed by atoms with Crippen LogP contribution in [0.5, 0.6) is 5.75 Å². The molecule has 0 aromatic heterocycles. The zero-order chi connectivity index (χ0) is 11.6. The van der Waals surface area contributed by atoms with Crippen molar-refractivity contribution in [2.24, 2.45) is 0 Å². The summed E-state index contributed by atoms with van der Waals surface area (Å²) < 4.78 is 11.2. The van der Waals surface area contributed by atoms with Gasteiger partial charge in [0.05, 0.1) is 12.7 Å². The quantitative estimate of drug-likeness (QED) is 0.625. The zero-order valence-electron chi connectivity index (χ0n) is 10.3. The monoisotopic (exact) mass is 222 g/mol. The van der Waals surface area contributed by atoms with Crippen LogP contribution < -0.4 is 4.74 Å². The summed E-state index contributed by atoms with van der Waals surface area (Å²) >= 11 is 0. The number of hydrogen-bond donors (Lipinski definition) is 0. The number of rotatable bonds is 8. The van der Waals surface area contributed by atoms with Crippen molar-refractivity contribution >= 4 is 0 Å². The minimum Gasteiger partial charge on any atom is -0.491 e. The van der Waals surface area contributed by atoms with Crippen LogP contribution in [0, 0.1) is 0 Å². The van der Waals surface area contributed by atoms with Crippen LogP contribution in [0.3, 0.4) is 0 Å². The van der Waals surface area contributed by atoms with Gasteiger partial charge in [-0.1, -0.05) is 38.0 Å².